The monoisotopic (exact) mass is 305 g/mol. The normalized spacial score (nSPS) is 17.2. The largest absolute Gasteiger partial charge is 0.481 e. The predicted molar refractivity (Wildman–Crippen MR) is 87.1 cm³/mol. The molecule has 2 rings (SSSR count). The van der Waals surface area contributed by atoms with Crippen LogP contribution < -0.4 is 10.1 Å². The third-order valence-corrected chi connectivity index (χ3v) is 4.39. The molecule has 1 unspecified atom stereocenters. The van der Waals surface area contributed by atoms with Crippen LogP contribution in [0, 0.1) is 12.3 Å². The second-order valence-corrected chi connectivity index (χ2v) is 6.83. The van der Waals surface area contributed by atoms with Crippen molar-refractivity contribution in [3.8, 4) is 5.75 Å². The summed E-state index contributed by atoms with van der Waals surface area (Å²) in [5.41, 5.74) is 2.14. The van der Waals surface area contributed by atoms with Gasteiger partial charge < -0.3 is 15.2 Å². The van der Waals surface area contributed by atoms with Crippen LogP contribution in [0.4, 0.5) is 0 Å². The number of hydrogen-bond donors (Lipinski definition) is 2. The van der Waals surface area contributed by atoms with Crippen LogP contribution in [-0.2, 0) is 4.79 Å². The quantitative estimate of drug-likeness (QED) is 0.814. The summed E-state index contributed by atoms with van der Waals surface area (Å²) in [5, 5.41) is 12.2. The molecule has 1 amide bonds. The van der Waals surface area contributed by atoms with E-state index in [1.54, 1.807) is 6.92 Å². The molecule has 22 heavy (non-hydrogen) atoms. The maximum Gasteiger partial charge on any atom is 0.260 e. The number of ether oxygens (including phenoxy) is 1. The van der Waals surface area contributed by atoms with Crippen LogP contribution in [0.25, 0.3) is 0 Å². The number of aliphatic hydroxyl groups excluding tert-OH is 1. The molecule has 0 saturated heterocycles. The van der Waals surface area contributed by atoms with Crippen LogP contribution in [0.2, 0.25) is 0 Å². The van der Waals surface area contributed by atoms with Gasteiger partial charge in [0.1, 0.15) is 5.75 Å². The highest BCUT2D eigenvalue weighted by molar-refractivity contribution is 5.80. The Balaban J connectivity index is 1.97. The van der Waals surface area contributed by atoms with E-state index < -0.39 is 6.10 Å². The van der Waals surface area contributed by atoms with E-state index in [4.69, 9.17) is 4.74 Å². The first-order valence-corrected chi connectivity index (χ1v) is 8.03. The Kier molecular flexibility index (Phi) is 5.12. The maximum atomic E-state index is 12.2. The molecule has 122 valence electrons. The maximum absolute atomic E-state index is 12.2. The fraction of sp³-hybridized carbons (Fsp3) is 0.611. The molecule has 1 aromatic carbocycles. The summed E-state index contributed by atoms with van der Waals surface area (Å²) >= 11 is 0. The zero-order valence-electron chi connectivity index (χ0n) is 14.0. The van der Waals surface area contributed by atoms with E-state index in [1.807, 2.05) is 13.0 Å². The minimum Gasteiger partial charge on any atom is -0.481 e. The number of aryl methyl sites for hydroxylation is 1. The summed E-state index contributed by atoms with van der Waals surface area (Å²) in [6.07, 6.45) is 1.41. The van der Waals surface area contributed by atoms with E-state index >= 15 is 0 Å². The molecule has 1 aliphatic rings. The number of hydrogen-bond acceptors (Lipinski definition) is 3. The first kappa shape index (κ1) is 16.8. The molecule has 0 bridgehead atoms. The highest BCUT2D eigenvalue weighted by atomic mass is 16.5. The van der Waals surface area contributed by atoms with Crippen LogP contribution in [0.3, 0.4) is 0 Å². The molecule has 1 aromatic rings. The van der Waals surface area contributed by atoms with Crippen molar-refractivity contribution in [2.45, 2.75) is 52.6 Å². The third-order valence-electron chi connectivity index (χ3n) is 4.39. The van der Waals surface area contributed by atoms with E-state index in [9.17, 15) is 9.90 Å². The van der Waals surface area contributed by atoms with Crippen molar-refractivity contribution in [1.29, 1.82) is 0 Å². The van der Waals surface area contributed by atoms with Crippen LogP contribution in [0.15, 0.2) is 18.2 Å². The van der Waals surface area contributed by atoms with Crippen molar-refractivity contribution in [3.63, 3.8) is 0 Å². The van der Waals surface area contributed by atoms with E-state index in [0.29, 0.717) is 12.5 Å². The fourth-order valence-electron chi connectivity index (χ4n) is 2.45. The molecule has 1 atom stereocenters. The van der Waals surface area contributed by atoms with Gasteiger partial charge in [-0.3, -0.25) is 4.79 Å². The van der Waals surface area contributed by atoms with E-state index in [-0.39, 0.29) is 17.9 Å². The average Bonchev–Trinajstić information content (AvgIpc) is 3.25. The van der Waals surface area contributed by atoms with Crippen molar-refractivity contribution >= 4 is 5.91 Å². The van der Waals surface area contributed by atoms with Crippen LogP contribution in [-0.4, -0.2) is 30.3 Å². The van der Waals surface area contributed by atoms with Crippen LogP contribution in [0.1, 0.15) is 50.7 Å². The van der Waals surface area contributed by atoms with Crippen molar-refractivity contribution < 1.29 is 14.6 Å². The second kappa shape index (κ2) is 6.69. The minimum atomic E-state index is -0.547. The summed E-state index contributed by atoms with van der Waals surface area (Å²) in [4.78, 5) is 12.2. The van der Waals surface area contributed by atoms with Crippen molar-refractivity contribution in [1.82, 2.24) is 5.32 Å². The van der Waals surface area contributed by atoms with Crippen LogP contribution >= 0.6 is 0 Å². The lowest BCUT2D eigenvalue weighted by molar-refractivity contribution is -0.127. The molecule has 0 aliphatic heterocycles. The van der Waals surface area contributed by atoms with Crippen molar-refractivity contribution in [2.75, 3.05) is 13.2 Å². The summed E-state index contributed by atoms with van der Waals surface area (Å²) < 4.78 is 5.89. The SMILES string of the molecule is Cc1ccc(C(C)C)c(OC(C)C(=O)NCC2(CO)CC2)c1. The molecule has 4 heteroatoms. The molecule has 4 nitrogen and oxygen atoms in total. The van der Waals surface area contributed by atoms with Gasteiger partial charge in [0.2, 0.25) is 0 Å². The molecule has 1 fully saturated rings. The lowest BCUT2D eigenvalue weighted by atomic mass is 10.0. The number of carbonyl (C=O) groups excluding carboxylic acids is 1. The van der Waals surface area contributed by atoms with Gasteiger partial charge in [-0.25, -0.2) is 0 Å². The Hall–Kier alpha value is -1.55. The first-order chi connectivity index (χ1) is 10.4. The van der Waals surface area contributed by atoms with E-state index in [2.05, 4.69) is 31.3 Å². The molecule has 0 spiro atoms. The summed E-state index contributed by atoms with van der Waals surface area (Å²) in [6.45, 7) is 8.67. The van der Waals surface area contributed by atoms with Gasteiger partial charge in [-0.05, 0) is 49.8 Å². The Morgan fingerprint density at radius 2 is 2.05 bits per heavy atom. The summed E-state index contributed by atoms with van der Waals surface area (Å²) in [5.74, 6) is 0.992. The third kappa shape index (κ3) is 4.01. The molecule has 0 heterocycles. The smallest absolute Gasteiger partial charge is 0.260 e. The molecule has 0 radical (unpaired) electrons. The molecule has 2 N–H and O–H groups in total. The zero-order valence-corrected chi connectivity index (χ0v) is 14.0. The minimum absolute atomic E-state index is 0.0815. The lowest BCUT2D eigenvalue weighted by Gasteiger charge is -2.20. The number of benzene rings is 1. The molecule has 0 aromatic heterocycles. The topological polar surface area (TPSA) is 58.6 Å². The van der Waals surface area contributed by atoms with E-state index in [0.717, 1.165) is 29.7 Å². The fourth-order valence-corrected chi connectivity index (χ4v) is 2.45. The summed E-state index contributed by atoms with van der Waals surface area (Å²) in [6, 6.07) is 6.10. The molecular formula is C18H27NO3. The van der Waals surface area contributed by atoms with Crippen molar-refractivity contribution in [2.24, 2.45) is 5.41 Å². The predicted octanol–water partition coefficient (Wildman–Crippen LogP) is 2.77. The number of nitrogens with one attached hydrogen (secondary N) is 1. The number of aliphatic hydroxyl groups is 1. The first-order valence-electron chi connectivity index (χ1n) is 8.03. The average molecular weight is 305 g/mol. The standard InChI is InChI=1S/C18H27NO3/c1-12(2)15-6-5-13(3)9-16(15)22-14(4)17(21)19-10-18(11-20)7-8-18/h5-6,9,12,14,20H,7-8,10-11H2,1-4H3,(H,19,21). The van der Waals surface area contributed by atoms with E-state index in [1.165, 1.54) is 0 Å². The lowest BCUT2D eigenvalue weighted by Crippen LogP contribution is -2.40. The molecule has 1 aliphatic carbocycles. The number of amides is 1. The highest BCUT2D eigenvalue weighted by Gasteiger charge is 2.42. The van der Waals surface area contributed by atoms with Crippen LogP contribution in [0.5, 0.6) is 5.75 Å². The second-order valence-electron chi connectivity index (χ2n) is 6.83. The number of rotatable bonds is 7. The van der Waals surface area contributed by atoms with Gasteiger partial charge in [-0.15, -0.1) is 0 Å². The Morgan fingerprint density at radius 3 is 2.59 bits per heavy atom. The van der Waals surface area contributed by atoms with Gasteiger partial charge in [0.15, 0.2) is 6.10 Å². The molecular weight excluding hydrogens is 278 g/mol. The van der Waals surface area contributed by atoms with Gasteiger partial charge in [-0.1, -0.05) is 26.0 Å². The van der Waals surface area contributed by atoms with Gasteiger partial charge in [0.05, 0.1) is 6.61 Å². The van der Waals surface area contributed by atoms with Gasteiger partial charge in [-0.2, -0.15) is 0 Å². The number of carbonyl (C=O) groups is 1. The van der Waals surface area contributed by atoms with Gasteiger partial charge in [0, 0.05) is 12.0 Å². The Bertz CT molecular complexity index is 535. The summed E-state index contributed by atoms with van der Waals surface area (Å²) in [7, 11) is 0. The van der Waals surface area contributed by atoms with Gasteiger partial charge in [0.25, 0.3) is 5.91 Å². The zero-order chi connectivity index (χ0) is 16.3. The Labute approximate surface area is 132 Å². The van der Waals surface area contributed by atoms with Crippen molar-refractivity contribution in [3.05, 3.63) is 29.3 Å². The highest BCUT2D eigenvalue weighted by Crippen LogP contribution is 2.44. The van der Waals surface area contributed by atoms with Gasteiger partial charge >= 0.3 is 0 Å². The molecule has 1 saturated carbocycles. The Morgan fingerprint density at radius 1 is 1.36 bits per heavy atom.